The largest absolute Gasteiger partial charge is 0.462 e. The van der Waals surface area contributed by atoms with Crippen LogP contribution in [0.2, 0.25) is 0 Å². The lowest BCUT2D eigenvalue weighted by atomic mass is 10.0. The van der Waals surface area contributed by atoms with Gasteiger partial charge in [0.2, 0.25) is 5.91 Å². The minimum absolute atomic E-state index is 0.0103. The first-order valence-corrected chi connectivity index (χ1v) is 29.0. The predicted octanol–water partition coefficient (Wildman–Crippen LogP) is 18.2. The van der Waals surface area contributed by atoms with Gasteiger partial charge in [0, 0.05) is 6.42 Å². The van der Waals surface area contributed by atoms with Crippen LogP contribution in [-0.4, -0.2) is 46.9 Å². The number of aliphatic hydroxyl groups is 2. The number of esters is 1. The fourth-order valence-electron chi connectivity index (χ4n) is 8.02. The summed E-state index contributed by atoms with van der Waals surface area (Å²) in [6, 6.07) is -0.742. The average Bonchev–Trinajstić information content (AvgIpc) is 3.36. The van der Waals surface area contributed by atoms with Crippen molar-refractivity contribution in [2.75, 3.05) is 6.61 Å². The molecule has 0 radical (unpaired) electrons. The van der Waals surface area contributed by atoms with Crippen LogP contribution >= 0.6 is 0 Å². The highest BCUT2D eigenvalue weighted by Gasteiger charge is 2.24. The van der Waals surface area contributed by atoms with Crippen LogP contribution in [-0.2, 0) is 14.3 Å². The normalized spacial score (nSPS) is 14.2. The van der Waals surface area contributed by atoms with Crippen LogP contribution in [0.4, 0.5) is 0 Å². The van der Waals surface area contributed by atoms with E-state index in [0.29, 0.717) is 19.3 Å². The number of unbranched alkanes of at least 4 members (excludes halogenated alkanes) is 20. The van der Waals surface area contributed by atoms with Gasteiger partial charge in [0.1, 0.15) is 6.10 Å². The van der Waals surface area contributed by atoms with Crippen molar-refractivity contribution >= 4 is 11.9 Å². The SMILES string of the molecule is CC/C=C\C/C=C\C/C=C\C/C=C\C/C=C\C/C=C\CCC(=O)OC(CCCCC/C=C/C=C/C=C/C=C/C=C/CCC)CC(=O)NC(CO)C(O)CCCCCCCCCCCCCCCCCCC. The number of aliphatic hydroxyl groups excluding tert-OH is 2. The topological polar surface area (TPSA) is 95.9 Å². The average molecular weight is 983 g/mol. The van der Waals surface area contributed by atoms with Crippen molar-refractivity contribution in [1.29, 1.82) is 0 Å². The molecule has 6 heteroatoms. The molecule has 3 unspecified atom stereocenters. The van der Waals surface area contributed by atoms with Crippen LogP contribution in [0.5, 0.6) is 0 Å². The highest BCUT2D eigenvalue weighted by atomic mass is 16.5. The molecule has 0 aliphatic rings. The molecule has 0 aromatic heterocycles. The van der Waals surface area contributed by atoms with Gasteiger partial charge in [-0.05, 0) is 83.5 Å². The second kappa shape index (κ2) is 56.9. The van der Waals surface area contributed by atoms with E-state index in [-0.39, 0.29) is 31.3 Å². The van der Waals surface area contributed by atoms with Crippen LogP contribution in [0.3, 0.4) is 0 Å². The number of rotatable bonds is 50. The van der Waals surface area contributed by atoms with Gasteiger partial charge in [-0.25, -0.2) is 0 Å². The Bertz CT molecular complexity index is 1520. The zero-order chi connectivity index (χ0) is 51.6. The summed E-state index contributed by atoms with van der Waals surface area (Å²) in [5.41, 5.74) is 0. The van der Waals surface area contributed by atoms with Crippen molar-refractivity contribution in [2.24, 2.45) is 0 Å². The second-order valence-electron chi connectivity index (χ2n) is 19.1. The molecule has 402 valence electrons. The first kappa shape index (κ1) is 67.0. The van der Waals surface area contributed by atoms with E-state index in [2.05, 4.69) is 117 Å². The number of ether oxygens (including phenoxy) is 1. The molecule has 0 spiro atoms. The Balaban J connectivity index is 4.77. The number of carbonyl (C=O) groups excluding carboxylic acids is 2. The summed E-state index contributed by atoms with van der Waals surface area (Å²) < 4.78 is 5.90. The molecule has 0 saturated heterocycles. The van der Waals surface area contributed by atoms with Gasteiger partial charge in [-0.2, -0.15) is 0 Å². The summed E-state index contributed by atoms with van der Waals surface area (Å²) in [6.45, 7) is 6.26. The quantitative estimate of drug-likeness (QED) is 0.0244. The maximum Gasteiger partial charge on any atom is 0.306 e. The fourth-order valence-corrected chi connectivity index (χ4v) is 8.02. The summed E-state index contributed by atoms with van der Waals surface area (Å²) in [7, 11) is 0. The van der Waals surface area contributed by atoms with Gasteiger partial charge in [-0.1, -0.05) is 276 Å². The van der Waals surface area contributed by atoms with Crippen molar-refractivity contribution in [3.63, 3.8) is 0 Å². The van der Waals surface area contributed by atoms with E-state index in [1.54, 1.807) is 0 Å². The summed E-state index contributed by atoms with van der Waals surface area (Å²) in [5.74, 6) is -0.625. The summed E-state index contributed by atoms with van der Waals surface area (Å²) in [4.78, 5) is 26.3. The molecule has 0 heterocycles. The predicted molar refractivity (Wildman–Crippen MR) is 309 cm³/mol. The molecule has 0 bridgehead atoms. The third-order valence-electron chi connectivity index (χ3n) is 12.3. The number of carbonyl (C=O) groups is 2. The highest BCUT2D eigenvalue weighted by molar-refractivity contribution is 5.77. The molecular formula is C65H107NO5. The van der Waals surface area contributed by atoms with Gasteiger partial charge >= 0.3 is 5.97 Å². The minimum atomic E-state index is -0.823. The van der Waals surface area contributed by atoms with Crippen LogP contribution in [0, 0.1) is 0 Å². The maximum absolute atomic E-state index is 13.3. The maximum atomic E-state index is 13.3. The molecule has 0 fully saturated rings. The summed E-state index contributed by atoms with van der Waals surface area (Å²) in [5, 5.41) is 23.9. The van der Waals surface area contributed by atoms with Crippen LogP contribution in [0.15, 0.2) is 134 Å². The van der Waals surface area contributed by atoms with E-state index < -0.39 is 18.2 Å². The molecule has 0 aliphatic carbocycles. The highest BCUT2D eigenvalue weighted by Crippen LogP contribution is 2.17. The fraction of sp³-hybridized carbons (Fsp3) is 0.631. The summed E-state index contributed by atoms with van der Waals surface area (Å²) in [6.07, 6.45) is 80.9. The lowest BCUT2D eigenvalue weighted by Crippen LogP contribution is -2.46. The molecule has 0 rings (SSSR count). The lowest BCUT2D eigenvalue weighted by Gasteiger charge is -2.24. The van der Waals surface area contributed by atoms with E-state index in [1.807, 2.05) is 42.5 Å². The Morgan fingerprint density at radius 2 is 0.845 bits per heavy atom. The molecule has 3 atom stereocenters. The Labute approximate surface area is 437 Å². The zero-order valence-corrected chi connectivity index (χ0v) is 45.8. The number of hydrogen-bond acceptors (Lipinski definition) is 5. The molecule has 1 amide bonds. The molecular weight excluding hydrogens is 875 g/mol. The van der Waals surface area contributed by atoms with Gasteiger partial charge in [-0.3, -0.25) is 9.59 Å². The van der Waals surface area contributed by atoms with Crippen LogP contribution in [0.1, 0.15) is 239 Å². The van der Waals surface area contributed by atoms with Gasteiger partial charge < -0.3 is 20.3 Å². The molecule has 0 aromatic rings. The monoisotopic (exact) mass is 982 g/mol. The van der Waals surface area contributed by atoms with Crippen LogP contribution in [0.25, 0.3) is 0 Å². The van der Waals surface area contributed by atoms with Crippen molar-refractivity contribution in [3.8, 4) is 0 Å². The first-order chi connectivity index (χ1) is 35.0. The molecule has 0 saturated carbocycles. The minimum Gasteiger partial charge on any atom is -0.462 e. The zero-order valence-electron chi connectivity index (χ0n) is 45.8. The Morgan fingerprint density at radius 1 is 0.437 bits per heavy atom. The number of allylic oxidation sites excluding steroid dienone is 22. The van der Waals surface area contributed by atoms with E-state index in [9.17, 15) is 19.8 Å². The molecule has 3 N–H and O–H groups in total. The Hall–Kier alpha value is -4.00. The van der Waals surface area contributed by atoms with E-state index in [1.165, 1.54) is 89.9 Å². The first-order valence-electron chi connectivity index (χ1n) is 29.0. The molecule has 6 nitrogen and oxygen atoms in total. The van der Waals surface area contributed by atoms with Crippen molar-refractivity contribution < 1.29 is 24.5 Å². The van der Waals surface area contributed by atoms with Crippen molar-refractivity contribution in [3.05, 3.63) is 134 Å². The van der Waals surface area contributed by atoms with E-state index in [4.69, 9.17) is 4.74 Å². The molecule has 71 heavy (non-hydrogen) atoms. The second-order valence-corrected chi connectivity index (χ2v) is 19.1. The van der Waals surface area contributed by atoms with Gasteiger partial charge in [0.05, 0.1) is 25.2 Å². The van der Waals surface area contributed by atoms with Crippen molar-refractivity contribution in [2.45, 2.75) is 257 Å². The standard InChI is InChI=1S/C65H107NO5/c1-4-7-10-13-16-19-22-25-28-31-32-34-37-40-43-46-49-52-55-58-65(70)71-61(56-53-50-47-44-41-38-35-30-27-24-21-18-15-12-9-6-3)59-64(69)66-62(60-67)63(68)57-54-51-48-45-42-39-36-33-29-26-23-20-17-14-11-8-5-2/h7,10,12,15-16,18-19,21,24-25,27-28,30,32,34-35,38,40-41,43,49,52,61-63,67-68H,4-6,8-9,11,13-14,17,20,22-23,26,29,31,33,36-37,39,42,44-48,50-51,53-60H2,1-3H3,(H,66,69)/b10-7-,15-12+,19-16-,21-18+,27-24+,28-25-,34-32-,35-30+,41-38+,43-40-,52-49-. The molecule has 0 aliphatic heterocycles. The van der Waals surface area contributed by atoms with Gasteiger partial charge in [0.25, 0.3) is 0 Å². The number of amides is 1. The van der Waals surface area contributed by atoms with E-state index in [0.717, 1.165) is 96.3 Å². The third kappa shape index (κ3) is 52.1. The Morgan fingerprint density at radius 3 is 1.31 bits per heavy atom. The van der Waals surface area contributed by atoms with Gasteiger partial charge in [0.15, 0.2) is 0 Å². The third-order valence-corrected chi connectivity index (χ3v) is 12.3. The van der Waals surface area contributed by atoms with Crippen molar-refractivity contribution in [1.82, 2.24) is 5.32 Å². The van der Waals surface area contributed by atoms with E-state index >= 15 is 0 Å². The number of hydrogen-bond donors (Lipinski definition) is 3. The Kier molecular flexibility index (Phi) is 53.7. The number of nitrogens with one attached hydrogen (secondary N) is 1. The van der Waals surface area contributed by atoms with Crippen LogP contribution < -0.4 is 5.32 Å². The molecule has 0 aromatic carbocycles. The van der Waals surface area contributed by atoms with Gasteiger partial charge in [-0.15, -0.1) is 0 Å². The lowest BCUT2D eigenvalue weighted by molar-refractivity contribution is -0.150. The summed E-state index contributed by atoms with van der Waals surface area (Å²) >= 11 is 0. The smallest absolute Gasteiger partial charge is 0.306 e.